The number of hydrogen-bond acceptors (Lipinski definition) is 1. The van der Waals surface area contributed by atoms with Gasteiger partial charge in [0.1, 0.15) is 0 Å². The molecule has 106 valence electrons. The van der Waals surface area contributed by atoms with E-state index < -0.39 is 0 Å². The summed E-state index contributed by atoms with van der Waals surface area (Å²) in [5.41, 5.74) is 2.37. The highest BCUT2D eigenvalue weighted by Crippen LogP contribution is 2.30. The third kappa shape index (κ3) is 3.88. The third-order valence-corrected chi connectivity index (χ3v) is 5.03. The van der Waals surface area contributed by atoms with Crippen LogP contribution in [0.15, 0.2) is 42.5 Å². The summed E-state index contributed by atoms with van der Waals surface area (Å²) in [5, 5.41) is 4.80. The molecular formula is C16H16Cl2IN. The molecule has 0 aliphatic rings. The molecule has 0 amide bonds. The van der Waals surface area contributed by atoms with Gasteiger partial charge in [0.05, 0.1) is 10.0 Å². The van der Waals surface area contributed by atoms with Crippen molar-refractivity contribution in [3.8, 4) is 0 Å². The molecule has 0 aliphatic carbocycles. The highest BCUT2D eigenvalue weighted by molar-refractivity contribution is 14.1. The molecule has 2 rings (SSSR count). The fourth-order valence-electron chi connectivity index (χ4n) is 2.22. The molecule has 0 fully saturated rings. The summed E-state index contributed by atoms with van der Waals surface area (Å²) in [6, 6.07) is 14.5. The Kier molecular flexibility index (Phi) is 6.15. The Hall–Kier alpha value is -0.290. The molecule has 1 N–H and O–H groups in total. The normalized spacial score (nSPS) is 12.4. The van der Waals surface area contributed by atoms with Gasteiger partial charge in [-0.15, -0.1) is 0 Å². The maximum Gasteiger partial charge on any atom is 0.0624 e. The average molecular weight is 420 g/mol. The number of nitrogens with one attached hydrogen (secondary N) is 1. The molecule has 0 bridgehead atoms. The van der Waals surface area contributed by atoms with E-state index in [1.807, 2.05) is 18.2 Å². The second-order valence-corrected chi connectivity index (χ2v) is 6.50. The Balaban J connectivity index is 2.31. The van der Waals surface area contributed by atoms with E-state index in [-0.39, 0.29) is 6.04 Å². The molecule has 0 aliphatic heterocycles. The summed E-state index contributed by atoms with van der Waals surface area (Å²) in [6.45, 7) is 3.02. The summed E-state index contributed by atoms with van der Waals surface area (Å²) < 4.78 is 1.26. The molecular weight excluding hydrogens is 404 g/mol. The molecule has 20 heavy (non-hydrogen) atoms. The van der Waals surface area contributed by atoms with Gasteiger partial charge in [0.2, 0.25) is 0 Å². The lowest BCUT2D eigenvalue weighted by atomic mass is 9.99. The summed E-state index contributed by atoms with van der Waals surface area (Å²) in [7, 11) is 0. The monoisotopic (exact) mass is 419 g/mol. The fraction of sp³-hybridized carbons (Fsp3) is 0.250. The van der Waals surface area contributed by atoms with Crippen LogP contribution in [-0.4, -0.2) is 6.54 Å². The number of likely N-dealkylation sites (N-methyl/N-ethyl adjacent to an activating group) is 1. The molecule has 0 saturated carbocycles. The lowest BCUT2D eigenvalue weighted by molar-refractivity contribution is 0.548. The van der Waals surface area contributed by atoms with E-state index >= 15 is 0 Å². The van der Waals surface area contributed by atoms with E-state index in [4.69, 9.17) is 23.2 Å². The predicted octanol–water partition coefficient (Wildman–Crippen LogP) is 5.49. The molecule has 2 aromatic rings. The van der Waals surface area contributed by atoms with E-state index in [1.54, 1.807) is 0 Å². The molecule has 0 spiro atoms. The van der Waals surface area contributed by atoms with Crippen molar-refractivity contribution in [2.24, 2.45) is 0 Å². The maximum absolute atomic E-state index is 6.30. The van der Waals surface area contributed by atoms with Crippen LogP contribution in [0, 0.1) is 3.57 Å². The lowest BCUT2D eigenvalue weighted by Gasteiger charge is -2.20. The Bertz CT molecular complexity index is 586. The van der Waals surface area contributed by atoms with Gasteiger partial charge in [-0.1, -0.05) is 60.5 Å². The predicted molar refractivity (Wildman–Crippen MR) is 95.7 cm³/mol. The zero-order chi connectivity index (χ0) is 14.5. The van der Waals surface area contributed by atoms with Gasteiger partial charge in [0.25, 0.3) is 0 Å². The highest BCUT2D eigenvalue weighted by Gasteiger charge is 2.16. The van der Waals surface area contributed by atoms with Crippen LogP contribution in [-0.2, 0) is 6.42 Å². The second-order valence-electron chi connectivity index (χ2n) is 4.55. The van der Waals surface area contributed by atoms with Gasteiger partial charge in [-0.05, 0) is 58.8 Å². The van der Waals surface area contributed by atoms with E-state index in [2.05, 4.69) is 59.1 Å². The number of benzene rings is 2. The quantitative estimate of drug-likeness (QED) is 0.631. The SMILES string of the molecule is CCNC(Cc1cccc(Cl)c1Cl)c1ccccc1I. The lowest BCUT2D eigenvalue weighted by Crippen LogP contribution is -2.23. The van der Waals surface area contributed by atoms with Crippen LogP contribution >= 0.6 is 45.8 Å². The van der Waals surface area contributed by atoms with Crippen molar-refractivity contribution in [3.63, 3.8) is 0 Å². The van der Waals surface area contributed by atoms with Crippen LogP contribution in [0.1, 0.15) is 24.1 Å². The van der Waals surface area contributed by atoms with Gasteiger partial charge in [-0.25, -0.2) is 0 Å². The standard InChI is InChI=1S/C16H16Cl2IN/c1-2-20-15(12-7-3-4-9-14(12)19)10-11-6-5-8-13(17)16(11)18/h3-9,15,20H,2,10H2,1H3. The largest absolute Gasteiger partial charge is 0.310 e. The summed E-state index contributed by atoms with van der Waals surface area (Å²) in [4.78, 5) is 0. The van der Waals surface area contributed by atoms with Crippen molar-refractivity contribution in [2.45, 2.75) is 19.4 Å². The molecule has 1 unspecified atom stereocenters. The minimum absolute atomic E-state index is 0.240. The Morgan fingerprint density at radius 2 is 1.85 bits per heavy atom. The van der Waals surface area contributed by atoms with Gasteiger partial charge < -0.3 is 5.32 Å². The molecule has 2 aromatic carbocycles. The van der Waals surface area contributed by atoms with Crippen molar-refractivity contribution in [1.29, 1.82) is 0 Å². The first-order chi connectivity index (χ1) is 9.63. The van der Waals surface area contributed by atoms with E-state index in [1.165, 1.54) is 9.13 Å². The first-order valence-electron chi connectivity index (χ1n) is 6.54. The molecule has 0 aromatic heterocycles. The van der Waals surface area contributed by atoms with Crippen LogP contribution < -0.4 is 5.32 Å². The summed E-state index contributed by atoms with van der Waals surface area (Å²) in [6.07, 6.45) is 0.827. The highest BCUT2D eigenvalue weighted by atomic mass is 127. The van der Waals surface area contributed by atoms with Gasteiger partial charge in [0.15, 0.2) is 0 Å². The molecule has 1 atom stereocenters. The number of hydrogen-bond donors (Lipinski definition) is 1. The van der Waals surface area contributed by atoms with Gasteiger partial charge in [-0.2, -0.15) is 0 Å². The first-order valence-corrected chi connectivity index (χ1v) is 8.37. The van der Waals surface area contributed by atoms with Crippen molar-refractivity contribution < 1.29 is 0 Å². The summed E-state index contributed by atoms with van der Waals surface area (Å²) >= 11 is 14.8. The van der Waals surface area contributed by atoms with Gasteiger partial charge >= 0.3 is 0 Å². The Morgan fingerprint density at radius 3 is 2.55 bits per heavy atom. The van der Waals surface area contributed by atoms with Gasteiger partial charge in [-0.3, -0.25) is 0 Å². The zero-order valence-electron chi connectivity index (χ0n) is 11.2. The van der Waals surface area contributed by atoms with Crippen molar-refractivity contribution >= 4 is 45.8 Å². The van der Waals surface area contributed by atoms with Crippen LogP contribution in [0.3, 0.4) is 0 Å². The van der Waals surface area contributed by atoms with Crippen molar-refractivity contribution in [2.75, 3.05) is 6.54 Å². The first kappa shape index (κ1) is 16.1. The van der Waals surface area contributed by atoms with E-state index in [9.17, 15) is 0 Å². The van der Waals surface area contributed by atoms with Crippen LogP contribution in [0.4, 0.5) is 0 Å². The van der Waals surface area contributed by atoms with Crippen LogP contribution in [0.5, 0.6) is 0 Å². The molecule has 0 radical (unpaired) electrons. The van der Waals surface area contributed by atoms with E-state index in [0.29, 0.717) is 10.0 Å². The van der Waals surface area contributed by atoms with Gasteiger partial charge in [0, 0.05) is 9.61 Å². The Labute approximate surface area is 143 Å². The smallest absolute Gasteiger partial charge is 0.0624 e. The topological polar surface area (TPSA) is 12.0 Å². The van der Waals surface area contributed by atoms with Crippen LogP contribution in [0.2, 0.25) is 10.0 Å². The van der Waals surface area contributed by atoms with Crippen LogP contribution in [0.25, 0.3) is 0 Å². The minimum atomic E-state index is 0.240. The summed E-state index contributed by atoms with van der Waals surface area (Å²) in [5.74, 6) is 0. The van der Waals surface area contributed by atoms with Crippen molar-refractivity contribution in [3.05, 3.63) is 67.2 Å². The Morgan fingerprint density at radius 1 is 1.10 bits per heavy atom. The van der Waals surface area contributed by atoms with Crippen molar-refractivity contribution in [1.82, 2.24) is 5.32 Å². The number of rotatable bonds is 5. The molecule has 0 heterocycles. The number of halogens is 3. The second kappa shape index (κ2) is 7.64. The minimum Gasteiger partial charge on any atom is -0.310 e. The average Bonchev–Trinajstić information content (AvgIpc) is 2.44. The molecule has 4 heteroatoms. The maximum atomic E-state index is 6.30. The molecule has 1 nitrogen and oxygen atoms in total. The fourth-order valence-corrected chi connectivity index (χ4v) is 3.38. The third-order valence-electron chi connectivity index (χ3n) is 3.19. The van der Waals surface area contributed by atoms with E-state index in [0.717, 1.165) is 18.5 Å². The zero-order valence-corrected chi connectivity index (χ0v) is 14.8. The molecule has 0 saturated heterocycles.